The van der Waals surface area contributed by atoms with Crippen LogP contribution in [0, 0.1) is 0 Å². The van der Waals surface area contributed by atoms with Gasteiger partial charge in [-0.2, -0.15) is 12.1 Å². The fourth-order valence-corrected chi connectivity index (χ4v) is 7.95. The number of hydrogen-bond donors (Lipinski definition) is 1. The molecule has 1 saturated carbocycles. The summed E-state index contributed by atoms with van der Waals surface area (Å²) in [4.78, 5) is 14.8. The molecule has 2 aromatic carbocycles. The molecule has 3 aromatic rings. The van der Waals surface area contributed by atoms with Gasteiger partial charge in [0.25, 0.3) is 20.0 Å². The molecule has 0 spiro atoms. The highest BCUT2D eigenvalue weighted by Crippen LogP contribution is 2.40. The summed E-state index contributed by atoms with van der Waals surface area (Å²) >= 11 is 6.03. The zero-order chi connectivity index (χ0) is 22.4. The Labute approximate surface area is 184 Å². The van der Waals surface area contributed by atoms with Crippen LogP contribution in [0.25, 0.3) is 10.9 Å². The molecule has 31 heavy (non-hydrogen) atoms. The van der Waals surface area contributed by atoms with E-state index in [-0.39, 0.29) is 22.9 Å². The van der Waals surface area contributed by atoms with Crippen molar-refractivity contribution < 1.29 is 26.4 Å². The number of aromatic amines is 1. The van der Waals surface area contributed by atoms with Crippen LogP contribution >= 0.6 is 11.6 Å². The number of para-hydroxylation sites is 1. The summed E-state index contributed by atoms with van der Waals surface area (Å²) in [6, 6.07) is 10.4. The summed E-state index contributed by atoms with van der Waals surface area (Å²) in [6.07, 6.45) is 2.05. The van der Waals surface area contributed by atoms with Crippen molar-refractivity contribution >= 4 is 54.2 Å². The van der Waals surface area contributed by atoms with E-state index in [1.54, 1.807) is 31.2 Å². The lowest BCUT2D eigenvalue weighted by atomic mass is 10.2. The van der Waals surface area contributed by atoms with E-state index in [0.29, 0.717) is 27.5 Å². The molecule has 0 bridgehead atoms. The number of anilines is 1. The highest BCUT2D eigenvalue weighted by Gasteiger charge is 2.47. The summed E-state index contributed by atoms with van der Waals surface area (Å²) in [5.74, 6) is -0.888. The Bertz CT molecular complexity index is 1380. The maximum absolute atomic E-state index is 13.8. The third-order valence-corrected chi connectivity index (χ3v) is 9.82. The fourth-order valence-electron chi connectivity index (χ4n) is 3.29. The summed E-state index contributed by atoms with van der Waals surface area (Å²) in [7, 11) is -9.04. The van der Waals surface area contributed by atoms with Crippen molar-refractivity contribution in [2.24, 2.45) is 0 Å². The third-order valence-electron chi connectivity index (χ3n) is 4.88. The van der Waals surface area contributed by atoms with Crippen LogP contribution in [0.2, 0.25) is 5.02 Å². The van der Waals surface area contributed by atoms with Crippen LogP contribution in [-0.4, -0.2) is 39.6 Å². The van der Waals surface area contributed by atoms with Gasteiger partial charge in [0, 0.05) is 22.1 Å². The number of carbonyl (C=O) groups is 1. The standard InChI is InChI=1S/C20H19ClN2O6S2/c1-2-29-20(24)16-10-7-13(21)11-19(16)31(27,28)23(30(25,26)14-8-9-14)18-12-22-17-6-4-3-5-15(17)18/h3-7,10-12,14,22H,2,8-9H2,1H3. The lowest BCUT2D eigenvalue weighted by Gasteiger charge is -2.24. The summed E-state index contributed by atoms with van der Waals surface area (Å²) in [5.41, 5.74) is 0.236. The molecular weight excluding hydrogens is 464 g/mol. The molecule has 0 unspecified atom stereocenters. The van der Waals surface area contributed by atoms with Gasteiger partial charge in [0.2, 0.25) is 0 Å². The monoisotopic (exact) mass is 482 g/mol. The van der Waals surface area contributed by atoms with Gasteiger partial charge in [0.1, 0.15) is 4.90 Å². The fraction of sp³-hybridized carbons (Fsp3) is 0.250. The molecule has 0 saturated heterocycles. The highest BCUT2D eigenvalue weighted by molar-refractivity contribution is 8.10. The second-order valence-electron chi connectivity index (χ2n) is 7.03. The van der Waals surface area contributed by atoms with E-state index in [1.807, 2.05) is 0 Å². The minimum Gasteiger partial charge on any atom is -0.462 e. The van der Waals surface area contributed by atoms with Crippen molar-refractivity contribution in [1.82, 2.24) is 4.98 Å². The number of rotatable bonds is 7. The molecule has 1 aromatic heterocycles. The second kappa shape index (κ2) is 7.85. The van der Waals surface area contributed by atoms with Gasteiger partial charge in [0.05, 0.1) is 23.1 Å². The number of esters is 1. The Morgan fingerprint density at radius 2 is 1.87 bits per heavy atom. The summed E-state index contributed by atoms with van der Waals surface area (Å²) < 4.78 is 59.7. The van der Waals surface area contributed by atoms with Crippen LogP contribution in [0.5, 0.6) is 0 Å². The van der Waals surface area contributed by atoms with Crippen LogP contribution < -0.4 is 3.71 Å². The first-order valence-corrected chi connectivity index (χ1v) is 12.8. The van der Waals surface area contributed by atoms with Gasteiger partial charge >= 0.3 is 5.97 Å². The molecule has 1 fully saturated rings. The topological polar surface area (TPSA) is 114 Å². The van der Waals surface area contributed by atoms with Gasteiger partial charge in [-0.25, -0.2) is 13.2 Å². The number of ether oxygens (including phenoxy) is 1. The number of sulfonamides is 2. The van der Waals surface area contributed by atoms with Crippen LogP contribution in [0.15, 0.2) is 53.6 Å². The number of hydrogen-bond acceptors (Lipinski definition) is 6. The molecule has 11 heteroatoms. The predicted octanol–water partition coefficient (Wildman–Crippen LogP) is 3.69. The van der Waals surface area contributed by atoms with Gasteiger partial charge in [0.15, 0.2) is 0 Å². The van der Waals surface area contributed by atoms with E-state index in [4.69, 9.17) is 16.3 Å². The Balaban J connectivity index is 1.99. The number of aromatic nitrogens is 1. The van der Waals surface area contributed by atoms with Gasteiger partial charge in [-0.05, 0) is 44.0 Å². The molecule has 0 atom stereocenters. The average molecular weight is 483 g/mol. The highest BCUT2D eigenvalue weighted by atomic mass is 35.5. The van der Waals surface area contributed by atoms with Crippen molar-refractivity contribution in [3.63, 3.8) is 0 Å². The molecular formula is C20H19ClN2O6S2. The maximum atomic E-state index is 13.8. The van der Waals surface area contributed by atoms with E-state index in [1.165, 1.54) is 18.3 Å². The first kappa shape index (κ1) is 21.7. The zero-order valence-corrected chi connectivity index (χ0v) is 18.8. The lowest BCUT2D eigenvalue weighted by Crippen LogP contribution is -2.39. The number of nitrogens with zero attached hydrogens (tertiary/aromatic N) is 1. The quantitative estimate of drug-likeness (QED) is 0.514. The molecule has 1 heterocycles. The van der Waals surface area contributed by atoms with Crippen molar-refractivity contribution in [3.05, 3.63) is 59.2 Å². The van der Waals surface area contributed by atoms with Crippen molar-refractivity contribution in [1.29, 1.82) is 0 Å². The molecule has 1 N–H and O–H groups in total. The zero-order valence-electron chi connectivity index (χ0n) is 16.4. The van der Waals surface area contributed by atoms with Gasteiger partial charge in [-0.3, -0.25) is 0 Å². The number of carbonyl (C=O) groups excluding carboxylic acids is 1. The average Bonchev–Trinajstić information content (AvgIpc) is 3.51. The molecule has 0 aliphatic heterocycles. The third kappa shape index (κ3) is 3.79. The number of halogens is 1. The van der Waals surface area contributed by atoms with E-state index in [0.717, 1.165) is 6.07 Å². The minimum atomic E-state index is -4.75. The van der Waals surface area contributed by atoms with Crippen LogP contribution in [0.1, 0.15) is 30.1 Å². The van der Waals surface area contributed by atoms with Crippen molar-refractivity contribution in [2.45, 2.75) is 29.9 Å². The predicted molar refractivity (Wildman–Crippen MR) is 117 cm³/mol. The Hall–Kier alpha value is -2.56. The lowest BCUT2D eigenvalue weighted by molar-refractivity contribution is 0.0522. The molecule has 4 rings (SSSR count). The number of fused-ring (bicyclic) bond motifs is 1. The van der Waals surface area contributed by atoms with Crippen LogP contribution in [-0.2, 0) is 24.8 Å². The number of nitrogens with one attached hydrogen (secondary N) is 1. The first-order valence-electron chi connectivity index (χ1n) is 9.50. The normalized spacial score (nSPS) is 14.5. The first-order chi connectivity index (χ1) is 14.7. The summed E-state index contributed by atoms with van der Waals surface area (Å²) in [5, 5.41) is -0.370. The minimum absolute atomic E-state index is 0.0213. The van der Waals surface area contributed by atoms with Gasteiger partial charge in [-0.1, -0.05) is 29.8 Å². The van der Waals surface area contributed by atoms with Crippen LogP contribution in [0.4, 0.5) is 5.69 Å². The molecule has 164 valence electrons. The van der Waals surface area contributed by atoms with Crippen molar-refractivity contribution in [2.75, 3.05) is 10.3 Å². The molecule has 8 nitrogen and oxygen atoms in total. The van der Waals surface area contributed by atoms with E-state index in [2.05, 4.69) is 4.98 Å². The van der Waals surface area contributed by atoms with Crippen molar-refractivity contribution in [3.8, 4) is 0 Å². The smallest absolute Gasteiger partial charge is 0.339 e. The largest absolute Gasteiger partial charge is 0.462 e. The molecule has 1 aliphatic rings. The molecule has 1 aliphatic carbocycles. The Morgan fingerprint density at radius 1 is 1.16 bits per heavy atom. The van der Waals surface area contributed by atoms with E-state index < -0.39 is 36.2 Å². The number of H-pyrrole nitrogens is 1. The maximum Gasteiger partial charge on any atom is 0.339 e. The number of benzene rings is 2. The Morgan fingerprint density at radius 3 is 2.55 bits per heavy atom. The SMILES string of the molecule is CCOC(=O)c1ccc(Cl)cc1S(=O)(=O)N(c1c[nH]c2ccccc12)S(=O)(=O)C1CC1. The summed E-state index contributed by atoms with van der Waals surface area (Å²) in [6.45, 7) is 1.60. The van der Waals surface area contributed by atoms with E-state index in [9.17, 15) is 21.6 Å². The van der Waals surface area contributed by atoms with Gasteiger partial charge in [-0.15, -0.1) is 0 Å². The van der Waals surface area contributed by atoms with E-state index >= 15 is 0 Å². The van der Waals surface area contributed by atoms with Gasteiger partial charge < -0.3 is 9.72 Å². The van der Waals surface area contributed by atoms with Crippen LogP contribution in [0.3, 0.4) is 0 Å². The Kier molecular flexibility index (Phi) is 5.48. The molecule has 0 radical (unpaired) electrons. The second-order valence-corrected chi connectivity index (χ2v) is 11.5. The molecule has 0 amide bonds.